The van der Waals surface area contributed by atoms with Crippen LogP contribution >= 0.6 is 16.5 Å². The summed E-state index contributed by atoms with van der Waals surface area (Å²) in [5.41, 5.74) is 0. The van der Waals surface area contributed by atoms with Crippen LogP contribution in [0, 0.1) is 0 Å². The van der Waals surface area contributed by atoms with Gasteiger partial charge in [0.25, 0.3) is 0 Å². The van der Waals surface area contributed by atoms with E-state index in [2.05, 4.69) is 0 Å². The second-order valence-corrected chi connectivity index (χ2v) is 1.52. The Kier molecular flexibility index (Phi) is 20.5. The summed E-state index contributed by atoms with van der Waals surface area (Å²) < 4.78 is 17.4. The van der Waals surface area contributed by atoms with Gasteiger partial charge in [-0.25, -0.2) is 0 Å². The molecule has 0 saturated heterocycles. The molecule has 0 aromatic carbocycles. The molecule has 0 aliphatic rings. The van der Waals surface area contributed by atoms with E-state index in [0.29, 0.717) is 0 Å². The van der Waals surface area contributed by atoms with Crippen molar-refractivity contribution < 1.29 is 45.2 Å². The van der Waals surface area contributed by atoms with E-state index in [0.717, 1.165) is 0 Å². The molecule has 0 aliphatic carbocycles. The van der Waals surface area contributed by atoms with Crippen LogP contribution in [0.1, 0.15) is 0 Å². The van der Waals surface area contributed by atoms with Crippen molar-refractivity contribution in [2.24, 2.45) is 0 Å². The summed E-state index contributed by atoms with van der Waals surface area (Å²) in [5, 5.41) is 0. The molecular formula is H4NiO6P2+2. The first-order valence-electron chi connectivity index (χ1n) is 1.17. The van der Waals surface area contributed by atoms with Gasteiger partial charge in [-0.15, -0.1) is 19.6 Å². The van der Waals surface area contributed by atoms with E-state index in [1.807, 2.05) is 0 Å². The maximum Gasteiger partial charge on any atom is 0.692 e. The summed E-state index contributed by atoms with van der Waals surface area (Å²) in [6.45, 7) is 0. The third-order valence-electron chi connectivity index (χ3n) is 0. The van der Waals surface area contributed by atoms with Crippen LogP contribution in [0.5, 0.6) is 0 Å². The maximum atomic E-state index is 8.70. The quantitative estimate of drug-likeness (QED) is 0.316. The average Bonchev–Trinajstić information content (AvgIpc) is 1.25. The molecular weight excluding hydrogens is 217 g/mol. The van der Waals surface area contributed by atoms with E-state index >= 15 is 0 Å². The molecule has 0 amide bonds. The molecule has 0 aliphatic heterocycles. The predicted octanol–water partition coefficient (Wildman–Crippen LogP) is -0.746. The molecule has 0 aromatic heterocycles. The fraction of sp³-hybridized carbons (Fsp3) is 0. The smallest absolute Gasteiger partial charge is 0.134 e. The fourth-order valence-electron chi connectivity index (χ4n) is 0. The molecule has 0 aromatic rings. The van der Waals surface area contributed by atoms with Crippen LogP contribution in [0.3, 0.4) is 0 Å². The summed E-state index contributed by atoms with van der Waals surface area (Å²) in [6.07, 6.45) is 0. The first kappa shape index (κ1) is 16.3. The Hall–Kier alpha value is 0.534. The molecule has 0 atom stereocenters. The summed E-state index contributed by atoms with van der Waals surface area (Å²) in [7, 11) is -5.74. The van der Waals surface area contributed by atoms with Crippen LogP contribution in [0.4, 0.5) is 0 Å². The molecule has 9 heteroatoms. The first-order valence-corrected chi connectivity index (χ1v) is 3.50. The Bertz CT molecular complexity index is 69.1. The number of hydrogen-bond acceptors (Lipinski definition) is 2. The molecule has 0 unspecified atom stereocenters. The van der Waals surface area contributed by atoms with Crippen molar-refractivity contribution in [1.82, 2.24) is 0 Å². The van der Waals surface area contributed by atoms with Gasteiger partial charge in [0.1, 0.15) is 0 Å². The largest absolute Gasteiger partial charge is 0.692 e. The molecule has 4 N–H and O–H groups in total. The first-order chi connectivity index (χ1) is 3.46. The molecule has 58 valence electrons. The van der Waals surface area contributed by atoms with Crippen LogP contribution in [-0.2, 0) is 25.6 Å². The predicted molar refractivity (Wildman–Crippen MR) is 24.1 cm³/mol. The zero-order valence-corrected chi connectivity index (χ0v) is 6.59. The SMILES string of the molecule is O=[P+](O)O.O=[P+](O)O.[Ni]. The van der Waals surface area contributed by atoms with E-state index < -0.39 is 16.5 Å². The minimum absolute atomic E-state index is 0. The molecule has 0 saturated carbocycles. The van der Waals surface area contributed by atoms with Gasteiger partial charge < -0.3 is 0 Å². The fourth-order valence-corrected chi connectivity index (χ4v) is 0. The van der Waals surface area contributed by atoms with Gasteiger partial charge in [-0.05, 0) is 0 Å². The van der Waals surface area contributed by atoms with Gasteiger partial charge in [0.05, 0.1) is 0 Å². The molecule has 9 heavy (non-hydrogen) atoms. The van der Waals surface area contributed by atoms with Crippen LogP contribution in [0.15, 0.2) is 0 Å². The monoisotopic (exact) mass is 220 g/mol. The molecule has 6 nitrogen and oxygen atoms in total. The Labute approximate surface area is 62.4 Å². The second kappa shape index (κ2) is 11.3. The van der Waals surface area contributed by atoms with Gasteiger partial charge in [0.2, 0.25) is 0 Å². The summed E-state index contributed by atoms with van der Waals surface area (Å²) in [5.74, 6) is 0. The Morgan fingerprint density at radius 2 is 0.778 bits per heavy atom. The normalized spacial score (nSPS) is 5.78. The molecule has 0 fully saturated rings. The van der Waals surface area contributed by atoms with Crippen molar-refractivity contribution in [3.05, 3.63) is 0 Å². The van der Waals surface area contributed by atoms with Crippen LogP contribution in [-0.4, -0.2) is 19.6 Å². The second-order valence-electron chi connectivity index (χ2n) is 0.505. The van der Waals surface area contributed by atoms with Crippen molar-refractivity contribution >= 4 is 16.5 Å². The van der Waals surface area contributed by atoms with E-state index in [1.165, 1.54) is 0 Å². The zero-order chi connectivity index (χ0) is 7.15. The summed E-state index contributed by atoms with van der Waals surface area (Å²) in [4.78, 5) is 28.5. The van der Waals surface area contributed by atoms with Gasteiger partial charge in [0, 0.05) is 25.6 Å². The number of hydrogen-bond donors (Lipinski definition) is 4. The van der Waals surface area contributed by atoms with Crippen molar-refractivity contribution in [2.45, 2.75) is 0 Å². The van der Waals surface area contributed by atoms with Gasteiger partial charge in [-0.1, -0.05) is 0 Å². The van der Waals surface area contributed by atoms with Gasteiger partial charge >= 0.3 is 16.5 Å². The van der Waals surface area contributed by atoms with E-state index in [9.17, 15) is 0 Å². The average molecular weight is 221 g/mol. The van der Waals surface area contributed by atoms with Gasteiger partial charge in [0.15, 0.2) is 0 Å². The molecule has 0 rings (SSSR count). The van der Waals surface area contributed by atoms with Crippen LogP contribution in [0.25, 0.3) is 0 Å². The Balaban J connectivity index is -0.0000000720. The van der Waals surface area contributed by atoms with Crippen molar-refractivity contribution in [2.75, 3.05) is 0 Å². The molecule has 0 heterocycles. The minimum Gasteiger partial charge on any atom is -0.134 e. The standard InChI is InChI=1S/Ni.2HO3P/c;2*1-4(2)3/h;2*(H-,1,2,3)/p+2. The van der Waals surface area contributed by atoms with E-state index in [4.69, 9.17) is 28.7 Å². The molecule has 0 spiro atoms. The van der Waals surface area contributed by atoms with Gasteiger partial charge in [-0.2, -0.15) is 0 Å². The van der Waals surface area contributed by atoms with Gasteiger partial charge in [-0.3, -0.25) is 0 Å². The van der Waals surface area contributed by atoms with Crippen LogP contribution < -0.4 is 0 Å². The minimum atomic E-state index is -2.87. The topological polar surface area (TPSA) is 115 Å². The number of rotatable bonds is 0. The summed E-state index contributed by atoms with van der Waals surface area (Å²) >= 11 is 0. The van der Waals surface area contributed by atoms with E-state index in [-0.39, 0.29) is 16.5 Å². The zero-order valence-electron chi connectivity index (χ0n) is 3.82. The maximum absolute atomic E-state index is 8.70. The van der Waals surface area contributed by atoms with Crippen molar-refractivity contribution in [3.8, 4) is 0 Å². The molecule has 0 bridgehead atoms. The molecule has 0 radical (unpaired) electrons. The van der Waals surface area contributed by atoms with Crippen molar-refractivity contribution in [3.63, 3.8) is 0 Å². The Morgan fingerprint density at radius 3 is 0.778 bits per heavy atom. The van der Waals surface area contributed by atoms with Crippen molar-refractivity contribution in [1.29, 1.82) is 0 Å². The summed E-state index contributed by atoms with van der Waals surface area (Å²) in [6, 6.07) is 0. The third-order valence-corrected chi connectivity index (χ3v) is 0. The van der Waals surface area contributed by atoms with E-state index in [1.54, 1.807) is 0 Å². The van der Waals surface area contributed by atoms with Crippen LogP contribution in [0.2, 0.25) is 0 Å². The Morgan fingerprint density at radius 1 is 0.778 bits per heavy atom. The third kappa shape index (κ3) is 1280.